The van der Waals surface area contributed by atoms with Crippen LogP contribution in [0.5, 0.6) is 5.75 Å². The van der Waals surface area contributed by atoms with Crippen LogP contribution < -0.4 is 0 Å². The fourth-order valence-electron chi connectivity index (χ4n) is 2.26. The van der Waals surface area contributed by atoms with Gasteiger partial charge in [-0.2, -0.15) is 0 Å². The van der Waals surface area contributed by atoms with Gasteiger partial charge in [-0.25, -0.2) is 8.42 Å². The minimum absolute atomic E-state index is 0.188. The Bertz CT molecular complexity index is 537. The Hall–Kier alpha value is -1.07. The molecule has 0 saturated carbocycles. The summed E-state index contributed by atoms with van der Waals surface area (Å²) in [7, 11) is -3.00. The number of hydrogen-bond acceptors (Lipinski definition) is 4. The van der Waals surface area contributed by atoms with Crippen LogP contribution in [0.15, 0.2) is 24.3 Å². The number of rotatable bonds is 2. The van der Waals surface area contributed by atoms with Gasteiger partial charge in [-0.1, -0.05) is 18.2 Å². The molecule has 0 spiro atoms. The average Bonchev–Trinajstić information content (AvgIpc) is 2.27. The summed E-state index contributed by atoms with van der Waals surface area (Å²) in [6.45, 7) is 5.15. The Balaban J connectivity index is 2.12. The first-order valence-corrected chi connectivity index (χ1v) is 7.69. The van der Waals surface area contributed by atoms with Gasteiger partial charge < -0.3 is 5.11 Å². The number of phenolic OH excluding ortho intramolecular Hbond substituents is 1. The van der Waals surface area contributed by atoms with E-state index in [1.807, 2.05) is 12.1 Å². The van der Waals surface area contributed by atoms with E-state index in [0.717, 1.165) is 5.56 Å². The molecule has 0 aromatic heterocycles. The maximum Gasteiger partial charge on any atom is 0.157 e. The maximum atomic E-state index is 11.9. The van der Waals surface area contributed by atoms with Crippen LogP contribution in [0.3, 0.4) is 0 Å². The Labute approximate surface area is 108 Å². The van der Waals surface area contributed by atoms with Crippen LogP contribution in [0.1, 0.15) is 19.4 Å². The largest absolute Gasteiger partial charge is 0.508 e. The first kappa shape index (κ1) is 13.4. The molecule has 1 aliphatic heterocycles. The molecule has 0 unspecified atom stereocenters. The lowest BCUT2D eigenvalue weighted by atomic mass is 10.1. The molecule has 0 aliphatic carbocycles. The van der Waals surface area contributed by atoms with Gasteiger partial charge in [0.15, 0.2) is 9.84 Å². The van der Waals surface area contributed by atoms with E-state index in [1.165, 1.54) is 0 Å². The molecule has 4 nitrogen and oxygen atoms in total. The molecule has 100 valence electrons. The van der Waals surface area contributed by atoms with E-state index < -0.39 is 14.6 Å². The van der Waals surface area contributed by atoms with Crippen LogP contribution in [-0.4, -0.2) is 42.0 Å². The van der Waals surface area contributed by atoms with Crippen LogP contribution in [0.25, 0.3) is 0 Å². The van der Waals surface area contributed by atoms with Crippen LogP contribution in [0.4, 0.5) is 0 Å². The van der Waals surface area contributed by atoms with Crippen molar-refractivity contribution >= 4 is 9.84 Å². The van der Waals surface area contributed by atoms with Crippen molar-refractivity contribution in [1.29, 1.82) is 0 Å². The van der Waals surface area contributed by atoms with Crippen molar-refractivity contribution < 1.29 is 13.5 Å². The number of hydrogen-bond donors (Lipinski definition) is 1. The summed E-state index contributed by atoms with van der Waals surface area (Å²) >= 11 is 0. The Kier molecular flexibility index (Phi) is 3.38. The van der Waals surface area contributed by atoms with Gasteiger partial charge >= 0.3 is 0 Å². The number of aromatic hydroxyl groups is 1. The standard InChI is InChI=1S/C13H19NO3S/c1-13(2)10-14(7-8-18(13,16)17)9-11-5-3-4-6-12(11)15/h3-6,15H,7-10H2,1-2H3. The molecule has 1 aliphatic rings. The third-order valence-corrected chi connectivity index (χ3v) is 6.04. The number of phenols is 1. The molecule has 0 amide bonds. The minimum Gasteiger partial charge on any atom is -0.508 e. The second-order valence-electron chi connectivity index (χ2n) is 5.42. The summed E-state index contributed by atoms with van der Waals surface area (Å²) in [6, 6.07) is 7.18. The Morgan fingerprint density at radius 1 is 1.33 bits per heavy atom. The summed E-state index contributed by atoms with van der Waals surface area (Å²) in [4.78, 5) is 2.08. The summed E-state index contributed by atoms with van der Waals surface area (Å²) in [6.07, 6.45) is 0. The second kappa shape index (κ2) is 4.55. The van der Waals surface area contributed by atoms with E-state index >= 15 is 0 Å². The number of para-hydroxylation sites is 1. The molecule has 1 N–H and O–H groups in total. The van der Waals surface area contributed by atoms with Gasteiger partial charge in [0.05, 0.1) is 10.5 Å². The lowest BCUT2D eigenvalue weighted by Gasteiger charge is -2.37. The van der Waals surface area contributed by atoms with Crippen molar-refractivity contribution in [3.63, 3.8) is 0 Å². The Morgan fingerprint density at radius 2 is 2.00 bits per heavy atom. The van der Waals surface area contributed by atoms with E-state index in [1.54, 1.807) is 26.0 Å². The van der Waals surface area contributed by atoms with Gasteiger partial charge in [0.25, 0.3) is 0 Å². The number of benzene rings is 1. The van der Waals surface area contributed by atoms with Gasteiger partial charge in [0.1, 0.15) is 5.75 Å². The minimum atomic E-state index is -3.00. The highest BCUT2D eigenvalue weighted by atomic mass is 32.2. The summed E-state index contributed by atoms with van der Waals surface area (Å²) in [5.74, 6) is 0.455. The zero-order chi connectivity index (χ0) is 13.4. The lowest BCUT2D eigenvalue weighted by Crippen LogP contribution is -2.52. The Morgan fingerprint density at radius 3 is 2.61 bits per heavy atom. The van der Waals surface area contributed by atoms with Crippen molar-refractivity contribution in [2.45, 2.75) is 25.1 Å². The normalized spacial score (nSPS) is 22.8. The fourth-order valence-corrected chi connectivity index (χ4v) is 3.69. The number of sulfone groups is 1. The molecule has 1 saturated heterocycles. The van der Waals surface area contributed by atoms with Gasteiger partial charge in [-0.3, -0.25) is 4.90 Å². The quantitative estimate of drug-likeness (QED) is 0.881. The number of nitrogens with zero attached hydrogens (tertiary/aromatic N) is 1. The smallest absolute Gasteiger partial charge is 0.157 e. The third-order valence-electron chi connectivity index (χ3n) is 3.51. The zero-order valence-corrected chi connectivity index (χ0v) is 11.6. The van der Waals surface area contributed by atoms with Crippen LogP contribution >= 0.6 is 0 Å². The predicted octanol–water partition coefficient (Wildman–Crippen LogP) is 1.40. The molecular formula is C13H19NO3S. The molecule has 1 fully saturated rings. The average molecular weight is 269 g/mol. The summed E-state index contributed by atoms with van der Waals surface area (Å²) in [5.41, 5.74) is 0.840. The highest BCUT2D eigenvalue weighted by Gasteiger charge is 2.39. The zero-order valence-electron chi connectivity index (χ0n) is 10.8. The van der Waals surface area contributed by atoms with Crippen LogP contribution in [-0.2, 0) is 16.4 Å². The van der Waals surface area contributed by atoms with Crippen molar-refractivity contribution in [3.05, 3.63) is 29.8 Å². The topological polar surface area (TPSA) is 57.6 Å². The molecule has 2 rings (SSSR count). The summed E-state index contributed by atoms with van der Waals surface area (Å²) < 4.78 is 23.1. The molecular weight excluding hydrogens is 250 g/mol. The van der Waals surface area contributed by atoms with E-state index in [-0.39, 0.29) is 11.5 Å². The van der Waals surface area contributed by atoms with Gasteiger partial charge in [-0.15, -0.1) is 0 Å². The molecule has 1 aromatic carbocycles. The van der Waals surface area contributed by atoms with E-state index in [9.17, 15) is 13.5 Å². The SMILES string of the molecule is CC1(C)CN(Cc2ccccc2O)CCS1(=O)=O. The van der Waals surface area contributed by atoms with E-state index in [2.05, 4.69) is 4.90 Å². The lowest BCUT2D eigenvalue weighted by molar-refractivity contribution is 0.239. The molecule has 0 radical (unpaired) electrons. The molecule has 0 atom stereocenters. The first-order chi connectivity index (χ1) is 8.32. The van der Waals surface area contributed by atoms with Gasteiger partial charge in [-0.05, 0) is 19.9 Å². The third kappa shape index (κ3) is 2.52. The van der Waals surface area contributed by atoms with E-state index in [4.69, 9.17) is 0 Å². The van der Waals surface area contributed by atoms with Crippen molar-refractivity contribution in [2.24, 2.45) is 0 Å². The molecule has 0 bridgehead atoms. The van der Waals surface area contributed by atoms with Crippen LogP contribution in [0.2, 0.25) is 0 Å². The highest BCUT2D eigenvalue weighted by Crippen LogP contribution is 2.26. The fraction of sp³-hybridized carbons (Fsp3) is 0.538. The van der Waals surface area contributed by atoms with Crippen molar-refractivity contribution in [2.75, 3.05) is 18.8 Å². The van der Waals surface area contributed by atoms with E-state index in [0.29, 0.717) is 19.6 Å². The predicted molar refractivity (Wildman–Crippen MR) is 71.2 cm³/mol. The molecule has 1 heterocycles. The summed E-state index contributed by atoms with van der Waals surface area (Å²) in [5, 5.41) is 9.73. The van der Waals surface area contributed by atoms with Crippen molar-refractivity contribution in [1.82, 2.24) is 4.90 Å². The molecule has 1 aromatic rings. The molecule has 18 heavy (non-hydrogen) atoms. The van der Waals surface area contributed by atoms with Gasteiger partial charge in [0.2, 0.25) is 0 Å². The van der Waals surface area contributed by atoms with Gasteiger partial charge in [0, 0.05) is 25.2 Å². The maximum absolute atomic E-state index is 11.9. The monoisotopic (exact) mass is 269 g/mol. The highest BCUT2D eigenvalue weighted by molar-refractivity contribution is 7.92. The molecule has 5 heteroatoms. The van der Waals surface area contributed by atoms with Crippen molar-refractivity contribution in [3.8, 4) is 5.75 Å². The first-order valence-electron chi connectivity index (χ1n) is 6.03. The second-order valence-corrected chi connectivity index (χ2v) is 8.16. The van der Waals surface area contributed by atoms with Crippen LogP contribution in [0, 0.1) is 0 Å².